The number of carbonyl (C=O) groups is 10. The van der Waals surface area contributed by atoms with Crippen LogP contribution < -0.4 is 60.2 Å². The predicted octanol–water partition coefficient (Wildman–Crippen LogP) is -5.86. The predicted molar refractivity (Wildman–Crippen MR) is 269 cm³/mol. The van der Waals surface area contributed by atoms with Gasteiger partial charge in [-0.3, -0.25) is 52.8 Å². The van der Waals surface area contributed by atoms with Gasteiger partial charge in [0, 0.05) is 30.9 Å². The summed E-state index contributed by atoms with van der Waals surface area (Å²) in [6.07, 6.45) is -4.92. The number of aromatic hydroxyl groups is 1. The van der Waals surface area contributed by atoms with Crippen molar-refractivity contribution >= 4 is 80.7 Å². The largest absolute Gasteiger partial charge is 0.508 e. The summed E-state index contributed by atoms with van der Waals surface area (Å²) in [5.41, 5.74) is 21.3. The van der Waals surface area contributed by atoms with Crippen molar-refractivity contribution in [1.82, 2.24) is 42.1 Å². The normalized spacial score (nSPS) is 25.1. The van der Waals surface area contributed by atoms with Crippen molar-refractivity contribution < 1.29 is 73.1 Å². The molecule has 11 atom stereocenters. The number of epoxide rings is 1. The third-order valence-electron chi connectivity index (χ3n) is 12.1. The smallest absolute Gasteiger partial charge is 0.243 e. The van der Waals surface area contributed by atoms with Crippen molar-refractivity contribution in [1.29, 1.82) is 0 Å². The Morgan fingerprint density at radius 1 is 0.811 bits per heavy atom. The highest BCUT2D eigenvalue weighted by Crippen LogP contribution is 2.39. The Balaban J connectivity index is 2.15. The third kappa shape index (κ3) is 20.1. The number of nitrogens with two attached hydrogens (primary N) is 4. The van der Waals surface area contributed by atoms with Crippen molar-refractivity contribution in [2.45, 2.75) is 126 Å². The molecule has 1 unspecified atom stereocenters. The topological polar surface area (TPSA) is 456 Å². The van der Waals surface area contributed by atoms with Crippen LogP contribution in [0.25, 0.3) is 0 Å². The first-order chi connectivity index (χ1) is 34.8. The average Bonchev–Trinajstić information content (AvgIpc) is 4.15. The molecule has 10 amide bonds. The molecule has 0 aromatic heterocycles. The maximum atomic E-state index is 14.4. The van der Waals surface area contributed by atoms with E-state index in [1.54, 1.807) is 27.7 Å². The van der Waals surface area contributed by atoms with E-state index in [1.165, 1.54) is 29.2 Å². The molecule has 2 saturated heterocycles. The van der Waals surface area contributed by atoms with Gasteiger partial charge < -0.3 is 85.3 Å². The average molecular weight is 1090 g/mol. The van der Waals surface area contributed by atoms with E-state index in [0.29, 0.717) is 12.0 Å². The van der Waals surface area contributed by atoms with Crippen LogP contribution in [0.1, 0.15) is 65.4 Å². The second-order valence-corrected chi connectivity index (χ2v) is 21.2. The molecule has 1 aromatic rings. The van der Waals surface area contributed by atoms with E-state index in [9.17, 15) is 68.4 Å². The van der Waals surface area contributed by atoms with Crippen molar-refractivity contribution in [2.24, 2.45) is 34.8 Å². The van der Waals surface area contributed by atoms with Crippen LogP contribution in [0, 0.1) is 11.8 Å². The maximum absolute atomic E-state index is 14.4. The molecule has 27 nitrogen and oxygen atoms in total. The molecule has 0 bridgehead atoms. The second-order valence-electron chi connectivity index (χ2n) is 18.6. The van der Waals surface area contributed by atoms with Crippen LogP contribution >= 0.6 is 21.6 Å². The number of nitrogens with one attached hydrogen (secondary N) is 7. The lowest BCUT2D eigenvalue weighted by atomic mass is 9.96. The number of aliphatic hydroxyl groups is 3. The van der Waals surface area contributed by atoms with E-state index in [-0.39, 0.29) is 42.6 Å². The summed E-state index contributed by atoms with van der Waals surface area (Å²) >= 11 is 0. The Morgan fingerprint density at radius 2 is 1.41 bits per heavy atom. The second kappa shape index (κ2) is 29.9. The summed E-state index contributed by atoms with van der Waals surface area (Å²) in [7, 11) is 2.07. The lowest BCUT2D eigenvalue weighted by Crippen LogP contribution is -2.63. The van der Waals surface area contributed by atoms with Crippen LogP contribution in [0.15, 0.2) is 24.3 Å². The van der Waals surface area contributed by atoms with Crippen molar-refractivity contribution in [3.63, 3.8) is 0 Å². The van der Waals surface area contributed by atoms with Crippen LogP contribution in [0.4, 0.5) is 0 Å². The summed E-state index contributed by atoms with van der Waals surface area (Å²) < 4.78 is 5.99. The van der Waals surface area contributed by atoms with E-state index in [2.05, 4.69) is 37.2 Å². The summed E-state index contributed by atoms with van der Waals surface area (Å²) in [6, 6.07) is -4.07. The number of ether oxygens (including phenoxy) is 1. The molecule has 74 heavy (non-hydrogen) atoms. The summed E-state index contributed by atoms with van der Waals surface area (Å²) in [5.74, 6) is -10.1. The number of benzene rings is 1. The molecule has 1 aromatic carbocycles. The number of carbonyl (C=O) groups excluding carboxylic acids is 10. The Morgan fingerprint density at radius 3 is 1.97 bits per heavy atom. The van der Waals surface area contributed by atoms with Gasteiger partial charge in [-0.05, 0) is 42.4 Å². The fourth-order valence-corrected chi connectivity index (χ4v) is 9.99. The first-order valence-electron chi connectivity index (χ1n) is 23.9. The maximum Gasteiger partial charge on any atom is 0.243 e. The number of nitrogens with zero attached hydrogens (tertiary/aromatic N) is 1. The molecule has 0 aliphatic carbocycles. The van der Waals surface area contributed by atoms with Gasteiger partial charge in [0.05, 0.1) is 50.9 Å². The summed E-state index contributed by atoms with van der Waals surface area (Å²) in [6.45, 7) is 3.90. The molecule has 414 valence electrons. The van der Waals surface area contributed by atoms with Gasteiger partial charge in [0.25, 0.3) is 0 Å². The molecule has 0 radical (unpaired) electrons. The number of aliphatic hydroxyl groups excluding tert-OH is 3. The van der Waals surface area contributed by atoms with Gasteiger partial charge in [0.2, 0.25) is 59.1 Å². The van der Waals surface area contributed by atoms with Gasteiger partial charge in [-0.2, -0.15) is 0 Å². The zero-order chi connectivity index (χ0) is 55.4. The molecule has 3 rings (SSSR count). The van der Waals surface area contributed by atoms with Gasteiger partial charge >= 0.3 is 0 Å². The fourth-order valence-electron chi connectivity index (χ4n) is 7.60. The number of rotatable bonds is 23. The zero-order valence-electron chi connectivity index (χ0n) is 41.7. The number of hydrogen-bond acceptors (Lipinski definition) is 19. The molecule has 0 spiro atoms. The van der Waals surface area contributed by atoms with Gasteiger partial charge in [0.1, 0.15) is 42.1 Å². The summed E-state index contributed by atoms with van der Waals surface area (Å²) in [5, 5.41) is 59.0. The SMILES string of the molecule is CC[C@H](C)[C@@H]1NC(=O)[C@H](Cc2ccc(O)cc2)NC(=O)[C@@H](N)CSSC[C@@H](C2(N(CC(=O)N[C@@H](CC(C)C)C(=O)NCC(N)=O)C[C@H](O)[C@H](O)CO)CO2)NC(=O)[C@H](CC(N)=O)NC(=O)[C@H](CCC(N)=O)NC1=O. The summed E-state index contributed by atoms with van der Waals surface area (Å²) in [4.78, 5) is 135. The van der Waals surface area contributed by atoms with Crippen molar-refractivity contribution in [2.75, 3.05) is 44.4 Å². The molecule has 2 aliphatic heterocycles. The molecule has 2 aliphatic rings. The number of primary amides is 3. The van der Waals surface area contributed by atoms with E-state index in [1.807, 2.05) is 0 Å². The van der Waals surface area contributed by atoms with Crippen LogP contribution in [0.3, 0.4) is 0 Å². The quantitative estimate of drug-likeness (QED) is 0.0358. The zero-order valence-corrected chi connectivity index (χ0v) is 43.3. The van der Waals surface area contributed by atoms with E-state index in [0.717, 1.165) is 21.6 Å². The van der Waals surface area contributed by atoms with Gasteiger partial charge in [-0.25, -0.2) is 0 Å². The number of phenolic OH excluding ortho intramolecular Hbond substituents is 1. The van der Waals surface area contributed by atoms with Crippen LogP contribution in [0.5, 0.6) is 5.75 Å². The number of hydrogen-bond donors (Lipinski definition) is 15. The van der Waals surface area contributed by atoms with Gasteiger partial charge in [-0.1, -0.05) is 67.8 Å². The monoisotopic (exact) mass is 1080 g/mol. The Bertz CT molecular complexity index is 2140. The van der Waals surface area contributed by atoms with E-state index in [4.69, 9.17) is 27.7 Å². The first kappa shape index (κ1) is 62.5. The molecular formula is C45H72N12O15S2. The van der Waals surface area contributed by atoms with Crippen LogP contribution in [0.2, 0.25) is 0 Å². The van der Waals surface area contributed by atoms with Crippen molar-refractivity contribution in [3.05, 3.63) is 29.8 Å². The highest BCUT2D eigenvalue weighted by atomic mass is 33.1. The molecule has 19 N–H and O–H groups in total. The minimum absolute atomic E-state index is 0.0625. The molecular weight excluding hydrogens is 1010 g/mol. The Hall–Kier alpha value is -5.82. The lowest BCUT2D eigenvalue weighted by molar-refractivity contribution is -0.136. The number of amides is 10. The minimum Gasteiger partial charge on any atom is -0.508 e. The highest BCUT2D eigenvalue weighted by molar-refractivity contribution is 8.76. The Kier molecular flexibility index (Phi) is 25.3. The standard InChI is InChI=1S/C45H72N12O15S2/c1-5-23(4)38-44(71)52-27(10-11-34(47)62)41(68)54-30(14-35(48)63)42(69)55-33(20-74-73-19-26(46)39(66)53-29(43(70)56-38)13-24-6-8-25(59)9-7-24)45(21-72-45)57(16-31(60)32(61)18-58)17-37(65)51-28(12-22(2)3)40(67)50-15-36(49)64/h6-9,22-23,26-33,38,58-61H,5,10-21,46H2,1-4H3,(H2,47,62)(H2,48,63)(H2,49,64)(H,50,67)(H,51,65)(H,52,71)(H,53,66)(H,54,68)(H,55,69)(H,56,70)/t23-,26-,27-,28-,29-,30-,31-,32+,33-,38-,45?/m0/s1. The molecule has 0 saturated carbocycles. The molecule has 29 heteroatoms. The van der Waals surface area contributed by atoms with Crippen LogP contribution in [-0.2, 0) is 59.1 Å². The van der Waals surface area contributed by atoms with Gasteiger partial charge in [-0.15, -0.1) is 0 Å². The lowest BCUT2D eigenvalue weighted by Gasteiger charge is -2.37. The van der Waals surface area contributed by atoms with Gasteiger partial charge in [0.15, 0.2) is 5.72 Å². The van der Waals surface area contributed by atoms with E-state index < -0.39 is 171 Å². The third-order valence-corrected chi connectivity index (χ3v) is 14.5. The first-order valence-corrected chi connectivity index (χ1v) is 26.4. The highest BCUT2D eigenvalue weighted by Gasteiger charge is 2.58. The molecule has 2 fully saturated rings. The van der Waals surface area contributed by atoms with Crippen LogP contribution in [-0.4, -0.2) is 189 Å². The minimum atomic E-state index is -1.79. The van der Waals surface area contributed by atoms with E-state index >= 15 is 0 Å². The molecule has 2 heterocycles. The fraction of sp³-hybridized carbons (Fsp3) is 0.644. The number of phenols is 1. The Labute approximate surface area is 435 Å². The van der Waals surface area contributed by atoms with Crippen molar-refractivity contribution in [3.8, 4) is 5.75 Å².